The molecule has 0 radical (unpaired) electrons. The van der Waals surface area contributed by atoms with E-state index in [1.807, 2.05) is 25.1 Å². The van der Waals surface area contributed by atoms with Crippen molar-refractivity contribution in [1.82, 2.24) is 10.2 Å². The number of nitrogens with zero attached hydrogens (tertiary/aromatic N) is 2. The quantitative estimate of drug-likeness (QED) is 0.647. The van der Waals surface area contributed by atoms with E-state index in [2.05, 4.69) is 27.4 Å². The number of anilines is 1. The first kappa shape index (κ1) is 18.6. The predicted octanol–water partition coefficient (Wildman–Crippen LogP) is 3.28. The molecule has 24 heavy (non-hydrogen) atoms. The van der Waals surface area contributed by atoms with Crippen LogP contribution in [0.2, 0.25) is 5.02 Å². The third-order valence-electron chi connectivity index (χ3n) is 4.47. The number of amides is 1. The molecule has 5 nitrogen and oxygen atoms in total. The molecule has 0 spiro atoms. The molecule has 2 rings (SSSR count). The van der Waals surface area contributed by atoms with E-state index in [0.29, 0.717) is 18.0 Å². The fraction of sp³-hybridized carbons (Fsp3) is 0.556. The molecule has 1 aromatic rings. The highest BCUT2D eigenvalue weighted by atomic mass is 35.5. The Balaban J connectivity index is 1.78. The largest absolute Gasteiger partial charge is 0.356 e. The zero-order valence-electron chi connectivity index (χ0n) is 14.7. The molecule has 1 heterocycles. The third kappa shape index (κ3) is 5.13. The molecule has 0 aromatic heterocycles. The normalized spacial score (nSPS) is 16.2. The highest BCUT2D eigenvalue weighted by Crippen LogP contribution is 2.22. The molecule has 1 fully saturated rings. The van der Waals surface area contributed by atoms with Gasteiger partial charge in [-0.2, -0.15) is 0 Å². The Kier molecular flexibility index (Phi) is 6.91. The van der Waals surface area contributed by atoms with Crippen molar-refractivity contribution in [2.75, 3.05) is 32.0 Å². The van der Waals surface area contributed by atoms with Crippen LogP contribution in [0.5, 0.6) is 0 Å². The Bertz CT molecular complexity index is 595. The monoisotopic (exact) mass is 350 g/mol. The Labute approximate surface area is 149 Å². The van der Waals surface area contributed by atoms with Crippen LogP contribution < -0.4 is 10.6 Å². The topological polar surface area (TPSA) is 56.7 Å². The summed E-state index contributed by atoms with van der Waals surface area (Å²) in [5.74, 6) is 1.63. The highest BCUT2D eigenvalue weighted by molar-refractivity contribution is 6.31. The Morgan fingerprint density at radius 3 is 2.75 bits per heavy atom. The number of likely N-dealkylation sites (tertiary alicyclic amines) is 1. The van der Waals surface area contributed by atoms with Gasteiger partial charge >= 0.3 is 0 Å². The summed E-state index contributed by atoms with van der Waals surface area (Å²) in [4.78, 5) is 18.7. The molecular formula is C18H27ClN4O. The van der Waals surface area contributed by atoms with E-state index in [-0.39, 0.29) is 5.91 Å². The average Bonchev–Trinajstić information content (AvgIpc) is 2.57. The van der Waals surface area contributed by atoms with E-state index < -0.39 is 0 Å². The summed E-state index contributed by atoms with van der Waals surface area (Å²) in [5.41, 5.74) is 1.65. The highest BCUT2D eigenvalue weighted by Gasteiger charge is 2.18. The molecule has 1 amide bonds. The molecule has 0 bridgehead atoms. The predicted molar refractivity (Wildman–Crippen MR) is 101 cm³/mol. The fourth-order valence-electron chi connectivity index (χ4n) is 2.80. The molecule has 1 aliphatic heterocycles. The SMILES string of the molecule is CN=C(NCCC(=O)Nc1cccc(Cl)c1C)N1CCC(C)CC1. The summed E-state index contributed by atoms with van der Waals surface area (Å²) in [6.45, 7) is 6.79. The fourth-order valence-corrected chi connectivity index (χ4v) is 2.97. The number of rotatable bonds is 4. The molecule has 0 saturated carbocycles. The van der Waals surface area contributed by atoms with Gasteiger partial charge in [-0.25, -0.2) is 0 Å². The maximum atomic E-state index is 12.1. The van der Waals surface area contributed by atoms with Crippen LogP contribution >= 0.6 is 11.6 Å². The number of carbonyl (C=O) groups excluding carboxylic acids is 1. The summed E-state index contributed by atoms with van der Waals surface area (Å²) in [6, 6.07) is 5.51. The molecule has 1 aliphatic rings. The molecule has 132 valence electrons. The van der Waals surface area contributed by atoms with Crippen LogP contribution in [0.1, 0.15) is 31.7 Å². The lowest BCUT2D eigenvalue weighted by molar-refractivity contribution is -0.116. The van der Waals surface area contributed by atoms with Gasteiger partial charge in [-0.3, -0.25) is 9.79 Å². The number of nitrogens with one attached hydrogen (secondary N) is 2. The molecule has 6 heteroatoms. The molecule has 0 unspecified atom stereocenters. The van der Waals surface area contributed by atoms with E-state index in [9.17, 15) is 4.79 Å². The minimum absolute atomic E-state index is 0.0319. The number of benzene rings is 1. The average molecular weight is 351 g/mol. The number of carbonyl (C=O) groups is 1. The van der Waals surface area contributed by atoms with Gasteiger partial charge in [0.25, 0.3) is 0 Å². The maximum Gasteiger partial charge on any atom is 0.226 e. The molecule has 2 N–H and O–H groups in total. The van der Waals surface area contributed by atoms with E-state index in [0.717, 1.165) is 36.2 Å². The number of guanidine groups is 1. The third-order valence-corrected chi connectivity index (χ3v) is 4.88. The van der Waals surface area contributed by atoms with Crippen molar-refractivity contribution < 1.29 is 4.79 Å². The van der Waals surface area contributed by atoms with Crippen LogP contribution in [0, 0.1) is 12.8 Å². The van der Waals surface area contributed by atoms with Crippen LogP contribution in [-0.4, -0.2) is 43.4 Å². The van der Waals surface area contributed by atoms with Crippen LogP contribution in [0.25, 0.3) is 0 Å². The van der Waals surface area contributed by atoms with Gasteiger partial charge in [-0.15, -0.1) is 0 Å². The van der Waals surface area contributed by atoms with Crippen molar-refractivity contribution in [2.24, 2.45) is 10.9 Å². The van der Waals surface area contributed by atoms with Crippen LogP contribution in [0.4, 0.5) is 5.69 Å². The van der Waals surface area contributed by atoms with Gasteiger partial charge in [0.2, 0.25) is 5.91 Å². The lowest BCUT2D eigenvalue weighted by atomic mass is 10.00. The summed E-state index contributed by atoms with van der Waals surface area (Å²) in [6.07, 6.45) is 2.76. The van der Waals surface area contributed by atoms with Gasteiger partial charge in [-0.1, -0.05) is 24.6 Å². The molecule has 0 aliphatic carbocycles. The smallest absolute Gasteiger partial charge is 0.226 e. The van der Waals surface area contributed by atoms with Gasteiger partial charge in [-0.05, 0) is 43.4 Å². The molecular weight excluding hydrogens is 324 g/mol. The first-order valence-electron chi connectivity index (χ1n) is 8.51. The minimum Gasteiger partial charge on any atom is -0.356 e. The van der Waals surface area contributed by atoms with E-state index >= 15 is 0 Å². The van der Waals surface area contributed by atoms with Gasteiger partial charge in [0, 0.05) is 43.8 Å². The van der Waals surface area contributed by atoms with Crippen molar-refractivity contribution >= 4 is 29.2 Å². The lowest BCUT2D eigenvalue weighted by Crippen LogP contribution is -2.46. The Morgan fingerprint density at radius 1 is 1.38 bits per heavy atom. The summed E-state index contributed by atoms with van der Waals surface area (Å²) >= 11 is 6.07. The van der Waals surface area contributed by atoms with Gasteiger partial charge < -0.3 is 15.5 Å². The van der Waals surface area contributed by atoms with E-state index in [4.69, 9.17) is 11.6 Å². The van der Waals surface area contributed by atoms with Gasteiger partial charge in [0.1, 0.15) is 0 Å². The maximum absolute atomic E-state index is 12.1. The van der Waals surface area contributed by atoms with Crippen LogP contribution in [-0.2, 0) is 4.79 Å². The second-order valence-corrected chi connectivity index (χ2v) is 6.76. The lowest BCUT2D eigenvalue weighted by Gasteiger charge is -2.32. The van der Waals surface area contributed by atoms with Crippen LogP contribution in [0.15, 0.2) is 23.2 Å². The Hall–Kier alpha value is -1.75. The van der Waals surface area contributed by atoms with Crippen molar-refractivity contribution in [3.63, 3.8) is 0 Å². The summed E-state index contributed by atoms with van der Waals surface area (Å²) in [7, 11) is 1.79. The molecule has 1 aromatic carbocycles. The zero-order chi connectivity index (χ0) is 17.5. The molecule has 1 saturated heterocycles. The van der Waals surface area contributed by atoms with Crippen LogP contribution in [0.3, 0.4) is 0 Å². The minimum atomic E-state index is -0.0319. The first-order chi connectivity index (χ1) is 11.5. The van der Waals surface area contributed by atoms with Crippen molar-refractivity contribution in [2.45, 2.75) is 33.1 Å². The number of piperidine rings is 1. The standard InChI is InChI=1S/C18H27ClN4O/c1-13-8-11-23(12-9-13)18(20-3)21-10-7-17(24)22-16-6-4-5-15(19)14(16)2/h4-6,13H,7-12H2,1-3H3,(H,20,21)(H,22,24). The number of hydrogen-bond donors (Lipinski definition) is 2. The second kappa shape index (κ2) is 8.92. The number of halogens is 1. The van der Waals surface area contributed by atoms with E-state index in [1.54, 1.807) is 7.05 Å². The van der Waals surface area contributed by atoms with Gasteiger partial charge in [0.15, 0.2) is 5.96 Å². The van der Waals surface area contributed by atoms with E-state index in [1.165, 1.54) is 12.8 Å². The molecule has 0 atom stereocenters. The Morgan fingerprint density at radius 2 is 2.08 bits per heavy atom. The zero-order valence-corrected chi connectivity index (χ0v) is 15.5. The summed E-state index contributed by atoms with van der Waals surface area (Å²) < 4.78 is 0. The number of hydrogen-bond acceptors (Lipinski definition) is 2. The number of aliphatic imine (C=N–C) groups is 1. The second-order valence-electron chi connectivity index (χ2n) is 6.35. The van der Waals surface area contributed by atoms with Crippen molar-refractivity contribution in [3.8, 4) is 0 Å². The van der Waals surface area contributed by atoms with Gasteiger partial charge in [0.05, 0.1) is 0 Å². The summed E-state index contributed by atoms with van der Waals surface area (Å²) in [5, 5.41) is 6.85. The van der Waals surface area contributed by atoms with Crippen molar-refractivity contribution in [3.05, 3.63) is 28.8 Å². The first-order valence-corrected chi connectivity index (χ1v) is 8.89. The van der Waals surface area contributed by atoms with Crippen molar-refractivity contribution in [1.29, 1.82) is 0 Å².